The fourth-order valence-electron chi connectivity index (χ4n) is 3.25. The van der Waals surface area contributed by atoms with Crippen LogP contribution in [0.25, 0.3) is 11.3 Å². The maximum absolute atomic E-state index is 11.2. The summed E-state index contributed by atoms with van der Waals surface area (Å²) in [5.74, 6) is -1.96. The van der Waals surface area contributed by atoms with Crippen LogP contribution in [0.1, 0.15) is 36.4 Å². The minimum absolute atomic E-state index is 0.0268. The molecule has 0 bridgehead atoms. The molecule has 0 saturated carbocycles. The van der Waals surface area contributed by atoms with Gasteiger partial charge in [0, 0.05) is 29.2 Å². The van der Waals surface area contributed by atoms with Crippen LogP contribution >= 0.6 is 0 Å². The molecule has 2 heterocycles. The molecule has 120 valence electrons. The molecule has 1 unspecified atom stereocenters. The molecular weight excluding hydrogens is 298 g/mol. The number of pyridine rings is 1. The first-order valence-electron chi connectivity index (χ1n) is 7.50. The van der Waals surface area contributed by atoms with Crippen LogP contribution in [0.4, 0.5) is 0 Å². The fraction of sp³-hybridized carbons (Fsp3) is 0.375. The van der Waals surface area contributed by atoms with Crippen LogP contribution in [0.5, 0.6) is 0 Å². The highest BCUT2D eigenvalue weighted by Gasteiger charge is 2.31. The molecule has 3 rings (SSSR count). The first-order valence-corrected chi connectivity index (χ1v) is 7.50. The van der Waals surface area contributed by atoms with Gasteiger partial charge in [-0.3, -0.25) is 19.3 Å². The third kappa shape index (κ3) is 3.08. The molecule has 7 heteroatoms. The van der Waals surface area contributed by atoms with Gasteiger partial charge in [-0.15, -0.1) is 0 Å². The number of carboxylic acid groups (broad SMARTS) is 2. The zero-order valence-corrected chi connectivity index (χ0v) is 12.5. The molecule has 0 fully saturated rings. The lowest BCUT2D eigenvalue weighted by molar-refractivity contribution is -0.138. The van der Waals surface area contributed by atoms with E-state index in [-0.39, 0.29) is 18.9 Å². The lowest BCUT2D eigenvalue weighted by atomic mass is 9.82. The van der Waals surface area contributed by atoms with Crippen LogP contribution in [0.2, 0.25) is 0 Å². The Morgan fingerprint density at radius 3 is 2.78 bits per heavy atom. The monoisotopic (exact) mass is 315 g/mol. The molecule has 2 aromatic heterocycles. The number of hydrogen-bond donors (Lipinski definition) is 2. The van der Waals surface area contributed by atoms with Gasteiger partial charge in [-0.05, 0) is 37.3 Å². The maximum atomic E-state index is 11.2. The summed E-state index contributed by atoms with van der Waals surface area (Å²) in [6.07, 6.45) is 5.66. The second kappa shape index (κ2) is 6.20. The van der Waals surface area contributed by atoms with E-state index in [1.807, 2.05) is 6.07 Å². The molecule has 0 radical (unpaired) electrons. The fourth-order valence-corrected chi connectivity index (χ4v) is 3.25. The minimum Gasteiger partial charge on any atom is -0.481 e. The van der Waals surface area contributed by atoms with E-state index in [1.54, 1.807) is 18.5 Å². The Bertz CT molecular complexity index is 739. The summed E-state index contributed by atoms with van der Waals surface area (Å²) in [6.45, 7) is -0.220. The van der Waals surface area contributed by atoms with Gasteiger partial charge in [-0.25, -0.2) is 0 Å². The molecule has 0 amide bonds. The number of nitrogens with zero attached hydrogens (tertiary/aromatic N) is 3. The largest absolute Gasteiger partial charge is 0.481 e. The smallest absolute Gasteiger partial charge is 0.325 e. The Labute approximate surface area is 132 Å². The number of aromatic nitrogens is 3. The molecule has 0 aromatic carbocycles. The Morgan fingerprint density at radius 2 is 2.13 bits per heavy atom. The van der Waals surface area contributed by atoms with Crippen LogP contribution in [0.15, 0.2) is 24.5 Å². The van der Waals surface area contributed by atoms with Gasteiger partial charge in [0.1, 0.15) is 6.54 Å². The molecule has 0 saturated heterocycles. The summed E-state index contributed by atoms with van der Waals surface area (Å²) < 4.78 is 1.49. The predicted octanol–water partition coefficient (Wildman–Crippen LogP) is 1.92. The van der Waals surface area contributed by atoms with Crippen LogP contribution in [0, 0.1) is 0 Å². The Morgan fingerprint density at radius 1 is 1.30 bits per heavy atom. The highest BCUT2D eigenvalue weighted by molar-refractivity contribution is 5.72. The number of rotatable bonds is 5. The summed E-state index contributed by atoms with van der Waals surface area (Å²) in [5.41, 5.74) is 3.14. The van der Waals surface area contributed by atoms with Crippen molar-refractivity contribution in [2.45, 2.75) is 38.1 Å². The number of fused-ring (bicyclic) bond motifs is 1. The Kier molecular flexibility index (Phi) is 4.10. The summed E-state index contributed by atoms with van der Waals surface area (Å²) in [5, 5.41) is 22.7. The lowest BCUT2D eigenvalue weighted by Gasteiger charge is -2.22. The molecule has 7 nitrogen and oxygen atoms in total. The quantitative estimate of drug-likeness (QED) is 0.873. The molecule has 2 aromatic rings. The Balaban J connectivity index is 2.13. The SMILES string of the molecule is O=C(O)CC1CCCc2c1c(-c1cccnc1)nn2CC(=O)O. The zero-order valence-electron chi connectivity index (χ0n) is 12.5. The van der Waals surface area contributed by atoms with E-state index >= 15 is 0 Å². The third-order valence-corrected chi connectivity index (χ3v) is 4.11. The van der Waals surface area contributed by atoms with Crippen LogP contribution in [0.3, 0.4) is 0 Å². The second-order valence-corrected chi connectivity index (χ2v) is 5.69. The van der Waals surface area contributed by atoms with Crippen molar-refractivity contribution in [2.24, 2.45) is 0 Å². The van der Waals surface area contributed by atoms with Gasteiger partial charge in [0.15, 0.2) is 0 Å². The number of aliphatic carboxylic acids is 2. The Hall–Kier alpha value is -2.70. The van der Waals surface area contributed by atoms with E-state index in [0.29, 0.717) is 12.1 Å². The van der Waals surface area contributed by atoms with Gasteiger partial charge in [0.2, 0.25) is 0 Å². The van der Waals surface area contributed by atoms with Gasteiger partial charge < -0.3 is 10.2 Å². The van der Waals surface area contributed by atoms with Crippen molar-refractivity contribution in [3.05, 3.63) is 35.8 Å². The molecule has 1 aliphatic rings. The predicted molar refractivity (Wildman–Crippen MR) is 81.0 cm³/mol. The summed E-state index contributed by atoms with van der Waals surface area (Å²) in [7, 11) is 0. The normalized spacial score (nSPS) is 16.8. The molecule has 1 aliphatic carbocycles. The average molecular weight is 315 g/mol. The lowest BCUT2D eigenvalue weighted by Crippen LogP contribution is -2.18. The second-order valence-electron chi connectivity index (χ2n) is 5.69. The molecule has 1 atom stereocenters. The number of hydrogen-bond acceptors (Lipinski definition) is 4. The molecule has 0 spiro atoms. The highest BCUT2D eigenvalue weighted by Crippen LogP contribution is 2.40. The molecule has 23 heavy (non-hydrogen) atoms. The summed E-state index contributed by atoms with van der Waals surface area (Å²) in [6, 6.07) is 3.64. The third-order valence-electron chi connectivity index (χ3n) is 4.11. The van der Waals surface area contributed by atoms with Gasteiger partial charge in [0.25, 0.3) is 0 Å². The van der Waals surface area contributed by atoms with Crippen LogP contribution < -0.4 is 0 Å². The first kappa shape index (κ1) is 15.2. The van der Waals surface area contributed by atoms with Gasteiger partial charge in [-0.1, -0.05) is 0 Å². The molecule has 2 N–H and O–H groups in total. The van der Waals surface area contributed by atoms with E-state index in [1.165, 1.54) is 4.68 Å². The van der Waals surface area contributed by atoms with Gasteiger partial charge in [-0.2, -0.15) is 5.10 Å². The van der Waals surface area contributed by atoms with Crippen molar-refractivity contribution in [3.8, 4) is 11.3 Å². The van der Waals surface area contributed by atoms with Crippen molar-refractivity contribution >= 4 is 11.9 Å². The standard InChI is InChI=1S/C16H17N3O4/c20-13(21)7-10-3-1-5-12-15(10)16(11-4-2-6-17-8-11)18-19(12)9-14(22)23/h2,4,6,8,10H,1,3,5,7,9H2,(H,20,21)(H,22,23). The van der Waals surface area contributed by atoms with Crippen LogP contribution in [-0.2, 0) is 22.6 Å². The maximum Gasteiger partial charge on any atom is 0.325 e. The van der Waals surface area contributed by atoms with E-state index in [4.69, 9.17) is 5.11 Å². The van der Waals surface area contributed by atoms with Crippen LogP contribution in [-0.4, -0.2) is 36.9 Å². The first-order chi connectivity index (χ1) is 11.1. The highest BCUT2D eigenvalue weighted by atomic mass is 16.4. The van der Waals surface area contributed by atoms with Gasteiger partial charge >= 0.3 is 11.9 Å². The number of carboxylic acids is 2. The molecule has 0 aliphatic heterocycles. The van der Waals surface area contributed by atoms with E-state index in [9.17, 15) is 14.7 Å². The van der Waals surface area contributed by atoms with E-state index in [2.05, 4.69) is 10.1 Å². The van der Waals surface area contributed by atoms with Crippen molar-refractivity contribution in [1.82, 2.24) is 14.8 Å². The number of carbonyl (C=O) groups is 2. The van der Waals surface area contributed by atoms with Gasteiger partial charge in [0.05, 0.1) is 12.1 Å². The average Bonchev–Trinajstić information content (AvgIpc) is 2.87. The van der Waals surface area contributed by atoms with Crippen molar-refractivity contribution < 1.29 is 19.8 Å². The van der Waals surface area contributed by atoms with E-state index < -0.39 is 11.9 Å². The molecular formula is C16H17N3O4. The summed E-state index contributed by atoms with van der Waals surface area (Å²) in [4.78, 5) is 26.4. The minimum atomic E-state index is -0.964. The zero-order chi connectivity index (χ0) is 16.4. The topological polar surface area (TPSA) is 105 Å². The summed E-state index contributed by atoms with van der Waals surface area (Å²) >= 11 is 0. The van der Waals surface area contributed by atoms with Crippen molar-refractivity contribution in [2.75, 3.05) is 0 Å². The van der Waals surface area contributed by atoms with E-state index in [0.717, 1.165) is 29.7 Å². The van der Waals surface area contributed by atoms with Crippen molar-refractivity contribution in [1.29, 1.82) is 0 Å². The van der Waals surface area contributed by atoms with Crippen molar-refractivity contribution in [3.63, 3.8) is 0 Å².